The first-order valence-corrected chi connectivity index (χ1v) is 3.55. The van der Waals surface area contributed by atoms with Gasteiger partial charge in [0.2, 0.25) is 0 Å². The Balaban J connectivity index is 2.58. The van der Waals surface area contributed by atoms with Crippen LogP contribution in [0, 0.1) is 13.7 Å². The molecule has 1 aromatic carbocycles. The van der Waals surface area contributed by atoms with Crippen LogP contribution in [0.4, 0.5) is 5.69 Å². The number of rotatable bonds is 0. The Morgan fingerprint density at radius 2 is 2.27 bits per heavy atom. The number of hydrogen-bond acceptors (Lipinski definition) is 2. The first kappa shape index (κ1) is 6.53. The molecule has 2 nitrogen and oxygen atoms in total. The van der Waals surface area contributed by atoms with E-state index in [9.17, 15) is 0 Å². The van der Waals surface area contributed by atoms with E-state index in [1.807, 2.05) is 24.1 Å². The van der Waals surface area contributed by atoms with Crippen molar-refractivity contribution >= 4 is 5.69 Å². The highest BCUT2D eigenvalue weighted by molar-refractivity contribution is 5.66. The fourth-order valence-corrected chi connectivity index (χ4v) is 1.31. The maximum atomic E-state index is 5.17. The number of para-hydroxylation sites is 1. The van der Waals surface area contributed by atoms with Gasteiger partial charge in [0, 0.05) is 7.05 Å². The number of aryl methyl sites for hydroxylation is 1. The van der Waals surface area contributed by atoms with E-state index >= 15 is 0 Å². The molecular formula is C9H9NO. The molecule has 0 fully saturated rings. The molecule has 11 heavy (non-hydrogen) atoms. The van der Waals surface area contributed by atoms with Crippen LogP contribution in [0.2, 0.25) is 0 Å². The summed E-state index contributed by atoms with van der Waals surface area (Å²) in [6.45, 7) is 4.82. The first-order valence-electron chi connectivity index (χ1n) is 3.55. The van der Waals surface area contributed by atoms with Crippen LogP contribution in [0.3, 0.4) is 0 Å². The maximum Gasteiger partial charge on any atom is 0.315 e. The predicted octanol–water partition coefficient (Wildman–Crippen LogP) is 1.82. The quantitative estimate of drug-likeness (QED) is 0.555. The smallest absolute Gasteiger partial charge is 0.315 e. The first-order chi connectivity index (χ1) is 5.29. The fraction of sp³-hybridized carbons (Fsp3) is 0.222. The molecule has 2 rings (SSSR count). The Morgan fingerprint density at radius 1 is 1.45 bits per heavy atom. The average Bonchev–Trinajstić information content (AvgIpc) is 2.34. The van der Waals surface area contributed by atoms with Gasteiger partial charge in [-0.3, -0.25) is 0 Å². The highest BCUT2D eigenvalue weighted by Crippen LogP contribution is 2.36. The lowest BCUT2D eigenvalue weighted by Gasteiger charge is -2.08. The van der Waals surface area contributed by atoms with Crippen molar-refractivity contribution in [3.8, 4) is 5.75 Å². The van der Waals surface area contributed by atoms with Crippen LogP contribution in [-0.4, -0.2) is 7.05 Å². The molecule has 56 valence electrons. The van der Waals surface area contributed by atoms with Gasteiger partial charge in [-0.05, 0) is 18.6 Å². The number of nitrogens with zero attached hydrogens (tertiary/aromatic N) is 1. The van der Waals surface area contributed by atoms with E-state index in [4.69, 9.17) is 4.74 Å². The second kappa shape index (κ2) is 2.16. The summed E-state index contributed by atoms with van der Waals surface area (Å²) in [5.41, 5.74) is 2.34. The molecule has 0 aromatic heterocycles. The Bertz CT molecular complexity index is 283. The van der Waals surface area contributed by atoms with Gasteiger partial charge in [0.1, 0.15) is 5.75 Å². The summed E-state index contributed by atoms with van der Waals surface area (Å²) in [4.78, 5) is 1.87. The summed E-state index contributed by atoms with van der Waals surface area (Å²) in [5, 5.41) is 0. The monoisotopic (exact) mass is 147 g/mol. The molecule has 2 heteroatoms. The van der Waals surface area contributed by atoms with Gasteiger partial charge in [0.25, 0.3) is 0 Å². The lowest BCUT2D eigenvalue weighted by atomic mass is 10.2. The molecule has 2 radical (unpaired) electrons. The average molecular weight is 147 g/mol. The zero-order chi connectivity index (χ0) is 7.84. The van der Waals surface area contributed by atoms with Crippen molar-refractivity contribution in [2.45, 2.75) is 6.92 Å². The van der Waals surface area contributed by atoms with Gasteiger partial charge in [-0.25, -0.2) is 0 Å². The van der Waals surface area contributed by atoms with Crippen LogP contribution >= 0.6 is 0 Å². The highest BCUT2D eigenvalue weighted by Gasteiger charge is 2.20. The van der Waals surface area contributed by atoms with E-state index < -0.39 is 0 Å². The number of ether oxygens (including phenoxy) is 1. The number of anilines is 1. The molecule has 0 bridgehead atoms. The molecule has 0 saturated heterocycles. The molecule has 0 atom stereocenters. The Kier molecular flexibility index (Phi) is 1.28. The minimum absolute atomic E-state index is 0.896. The van der Waals surface area contributed by atoms with Gasteiger partial charge in [-0.2, -0.15) is 0 Å². The Hall–Kier alpha value is -1.18. The molecule has 0 spiro atoms. The molecule has 0 amide bonds. The Morgan fingerprint density at radius 3 is 3.00 bits per heavy atom. The zero-order valence-electron chi connectivity index (χ0n) is 6.59. The van der Waals surface area contributed by atoms with Crippen molar-refractivity contribution in [3.05, 3.63) is 30.5 Å². The molecule has 1 aliphatic heterocycles. The van der Waals surface area contributed by atoms with Crippen LogP contribution < -0.4 is 9.64 Å². The fourth-order valence-electron chi connectivity index (χ4n) is 1.31. The van der Waals surface area contributed by atoms with Crippen LogP contribution in [0.15, 0.2) is 18.2 Å². The summed E-state index contributed by atoms with van der Waals surface area (Å²) in [6.07, 6.45) is 0. The number of fused-ring (bicyclic) bond motifs is 1. The third-order valence-electron chi connectivity index (χ3n) is 1.83. The second-order valence-corrected chi connectivity index (χ2v) is 2.67. The van der Waals surface area contributed by atoms with Gasteiger partial charge in [-0.15, -0.1) is 0 Å². The van der Waals surface area contributed by atoms with Crippen molar-refractivity contribution < 1.29 is 4.74 Å². The normalized spacial score (nSPS) is 14.5. The molecule has 1 heterocycles. The van der Waals surface area contributed by atoms with Gasteiger partial charge in [-0.1, -0.05) is 12.1 Å². The summed E-state index contributed by atoms with van der Waals surface area (Å²) < 4.78 is 5.17. The largest absolute Gasteiger partial charge is 0.453 e. The predicted molar refractivity (Wildman–Crippen MR) is 43.5 cm³/mol. The minimum atomic E-state index is 0.896. The molecule has 0 unspecified atom stereocenters. The van der Waals surface area contributed by atoms with E-state index in [0.29, 0.717) is 0 Å². The van der Waals surface area contributed by atoms with Crippen LogP contribution in [-0.2, 0) is 0 Å². The summed E-state index contributed by atoms with van der Waals surface area (Å²) >= 11 is 0. The van der Waals surface area contributed by atoms with Crippen molar-refractivity contribution in [1.29, 1.82) is 0 Å². The zero-order valence-corrected chi connectivity index (χ0v) is 6.59. The van der Waals surface area contributed by atoms with E-state index in [-0.39, 0.29) is 0 Å². The Labute approximate surface area is 66.4 Å². The van der Waals surface area contributed by atoms with E-state index in [1.54, 1.807) is 0 Å². The van der Waals surface area contributed by atoms with Crippen molar-refractivity contribution in [2.24, 2.45) is 0 Å². The number of benzene rings is 1. The molecule has 1 aromatic rings. The van der Waals surface area contributed by atoms with Crippen molar-refractivity contribution in [1.82, 2.24) is 0 Å². The topological polar surface area (TPSA) is 12.5 Å². The van der Waals surface area contributed by atoms with Gasteiger partial charge >= 0.3 is 6.73 Å². The lowest BCUT2D eigenvalue weighted by Crippen LogP contribution is -2.09. The summed E-state index contributed by atoms with van der Waals surface area (Å²) in [7, 11) is 1.93. The van der Waals surface area contributed by atoms with Crippen LogP contribution in [0.25, 0.3) is 0 Å². The summed E-state index contributed by atoms with van der Waals surface area (Å²) in [5.74, 6) is 0.896. The van der Waals surface area contributed by atoms with E-state index in [0.717, 1.165) is 11.4 Å². The van der Waals surface area contributed by atoms with Gasteiger partial charge < -0.3 is 9.64 Å². The molecular weight excluding hydrogens is 138 g/mol. The molecule has 0 N–H and O–H groups in total. The second-order valence-electron chi connectivity index (χ2n) is 2.67. The summed E-state index contributed by atoms with van der Waals surface area (Å²) in [6, 6.07) is 5.99. The lowest BCUT2D eigenvalue weighted by molar-refractivity contribution is 0.432. The van der Waals surface area contributed by atoms with Crippen LogP contribution in [0.1, 0.15) is 5.56 Å². The molecule has 1 aliphatic rings. The van der Waals surface area contributed by atoms with E-state index in [2.05, 4.69) is 19.7 Å². The van der Waals surface area contributed by atoms with Crippen molar-refractivity contribution in [2.75, 3.05) is 11.9 Å². The standard InChI is InChI=1S/C9H9NO/c1-7-4-3-5-8-9(7)10(2)6-11-8/h3-5H,1-2H3. The third kappa shape index (κ3) is 0.862. The van der Waals surface area contributed by atoms with Crippen molar-refractivity contribution in [3.63, 3.8) is 0 Å². The molecule has 0 saturated carbocycles. The highest BCUT2D eigenvalue weighted by atomic mass is 16.5. The maximum absolute atomic E-state index is 5.17. The van der Waals surface area contributed by atoms with E-state index in [1.165, 1.54) is 5.56 Å². The minimum Gasteiger partial charge on any atom is -0.453 e. The SMILES string of the molecule is Cc1cccc2c1N(C)[C]O2. The molecule has 0 aliphatic carbocycles. The van der Waals surface area contributed by atoms with Gasteiger partial charge in [0.05, 0.1) is 5.69 Å². The third-order valence-corrected chi connectivity index (χ3v) is 1.83. The number of hydrogen-bond donors (Lipinski definition) is 0. The van der Waals surface area contributed by atoms with Gasteiger partial charge in [0.15, 0.2) is 0 Å². The van der Waals surface area contributed by atoms with Crippen LogP contribution in [0.5, 0.6) is 5.75 Å².